The van der Waals surface area contributed by atoms with Crippen LogP contribution < -0.4 is 5.32 Å². The maximum Gasteiger partial charge on any atom is 0.231 e. The summed E-state index contributed by atoms with van der Waals surface area (Å²) in [6, 6.07) is 6.14. The maximum atomic E-state index is 13.7. The van der Waals surface area contributed by atoms with E-state index in [-0.39, 0.29) is 18.2 Å². The number of carbonyl (C=O) groups excluding carboxylic acids is 2. The van der Waals surface area contributed by atoms with E-state index in [2.05, 4.69) is 10.4 Å². The highest BCUT2D eigenvalue weighted by molar-refractivity contribution is 6.01. The summed E-state index contributed by atoms with van der Waals surface area (Å²) >= 11 is 0. The summed E-state index contributed by atoms with van der Waals surface area (Å²) in [4.78, 5) is 26.9. The van der Waals surface area contributed by atoms with Crippen molar-refractivity contribution in [2.75, 3.05) is 11.9 Å². The van der Waals surface area contributed by atoms with Crippen LogP contribution in [-0.2, 0) is 22.7 Å². The van der Waals surface area contributed by atoms with Gasteiger partial charge in [-0.3, -0.25) is 14.3 Å². The van der Waals surface area contributed by atoms with Crippen LogP contribution in [0, 0.1) is 12.7 Å². The predicted octanol–water partition coefficient (Wildman–Crippen LogP) is 2.19. The molecule has 0 radical (unpaired) electrons. The summed E-state index contributed by atoms with van der Waals surface area (Å²) in [5, 5.41) is 7.16. The molecule has 1 atom stereocenters. The SMILES string of the molecule is Cc1cc2n(n1)CCCN(C(=O)[C@@H]1CC(=O)Nc3ccc(F)cc31)C2. The number of nitrogens with zero attached hydrogens (tertiary/aromatic N) is 3. The van der Waals surface area contributed by atoms with E-state index in [0.29, 0.717) is 24.3 Å². The number of rotatable bonds is 1. The third-order valence-electron chi connectivity index (χ3n) is 4.80. The normalized spacial score (nSPS) is 19.7. The van der Waals surface area contributed by atoms with Gasteiger partial charge in [0.15, 0.2) is 0 Å². The van der Waals surface area contributed by atoms with Crippen LogP contribution in [-0.4, -0.2) is 33.0 Å². The highest BCUT2D eigenvalue weighted by Gasteiger charge is 2.34. The Morgan fingerprint density at radius 2 is 2.16 bits per heavy atom. The van der Waals surface area contributed by atoms with Crippen LogP contribution in [0.1, 0.15) is 35.7 Å². The summed E-state index contributed by atoms with van der Waals surface area (Å²) in [7, 11) is 0. The Kier molecular flexibility index (Phi) is 3.78. The van der Waals surface area contributed by atoms with Gasteiger partial charge >= 0.3 is 0 Å². The van der Waals surface area contributed by atoms with Gasteiger partial charge in [-0.2, -0.15) is 5.10 Å². The van der Waals surface area contributed by atoms with E-state index in [4.69, 9.17) is 0 Å². The van der Waals surface area contributed by atoms with Crippen molar-refractivity contribution >= 4 is 17.5 Å². The molecule has 0 unspecified atom stereocenters. The van der Waals surface area contributed by atoms with E-state index in [1.807, 2.05) is 17.7 Å². The number of amides is 2. The second-order valence-corrected chi connectivity index (χ2v) is 6.65. The van der Waals surface area contributed by atoms with E-state index in [9.17, 15) is 14.0 Å². The zero-order valence-electron chi connectivity index (χ0n) is 14.0. The average molecular weight is 342 g/mol. The fraction of sp³-hybridized carbons (Fsp3) is 0.389. The van der Waals surface area contributed by atoms with Gasteiger partial charge in [-0.05, 0) is 43.2 Å². The lowest BCUT2D eigenvalue weighted by atomic mass is 9.89. The molecule has 0 bridgehead atoms. The monoisotopic (exact) mass is 342 g/mol. The number of benzene rings is 1. The molecular formula is C18H19FN4O2. The minimum absolute atomic E-state index is 0.0457. The van der Waals surface area contributed by atoms with Gasteiger partial charge in [0.05, 0.1) is 23.9 Å². The molecule has 1 N–H and O–H groups in total. The van der Waals surface area contributed by atoms with Crippen molar-refractivity contribution in [1.82, 2.24) is 14.7 Å². The van der Waals surface area contributed by atoms with E-state index in [1.165, 1.54) is 18.2 Å². The molecule has 1 aromatic carbocycles. The summed E-state index contributed by atoms with van der Waals surface area (Å²) in [5.74, 6) is -1.39. The second kappa shape index (κ2) is 5.98. The van der Waals surface area contributed by atoms with E-state index >= 15 is 0 Å². The summed E-state index contributed by atoms with van der Waals surface area (Å²) in [6.07, 6.45) is 0.846. The Morgan fingerprint density at radius 1 is 1.32 bits per heavy atom. The first kappa shape index (κ1) is 15.8. The lowest BCUT2D eigenvalue weighted by Gasteiger charge is -2.30. The van der Waals surface area contributed by atoms with Gasteiger partial charge in [-0.25, -0.2) is 4.39 Å². The Hall–Kier alpha value is -2.70. The zero-order valence-corrected chi connectivity index (χ0v) is 14.0. The Morgan fingerprint density at radius 3 is 3.00 bits per heavy atom. The number of carbonyl (C=O) groups is 2. The van der Waals surface area contributed by atoms with Gasteiger partial charge in [0.25, 0.3) is 0 Å². The zero-order chi connectivity index (χ0) is 17.6. The molecular weight excluding hydrogens is 323 g/mol. The molecule has 0 fully saturated rings. The van der Waals surface area contributed by atoms with Crippen molar-refractivity contribution in [3.63, 3.8) is 0 Å². The average Bonchev–Trinajstić information content (AvgIpc) is 2.80. The lowest BCUT2D eigenvalue weighted by Crippen LogP contribution is -2.38. The molecule has 0 saturated carbocycles. The third-order valence-corrected chi connectivity index (χ3v) is 4.80. The molecule has 2 aromatic rings. The molecule has 3 heterocycles. The van der Waals surface area contributed by atoms with Crippen molar-refractivity contribution in [2.45, 2.75) is 38.8 Å². The minimum atomic E-state index is -0.644. The Balaban J connectivity index is 1.65. The quantitative estimate of drug-likeness (QED) is 0.864. The van der Waals surface area contributed by atoms with Gasteiger partial charge in [-0.15, -0.1) is 0 Å². The minimum Gasteiger partial charge on any atom is -0.336 e. The highest BCUT2D eigenvalue weighted by Crippen LogP contribution is 2.34. The second-order valence-electron chi connectivity index (χ2n) is 6.65. The number of nitrogens with one attached hydrogen (secondary N) is 1. The van der Waals surface area contributed by atoms with Gasteiger partial charge in [0.2, 0.25) is 11.8 Å². The topological polar surface area (TPSA) is 67.2 Å². The molecule has 25 heavy (non-hydrogen) atoms. The number of aromatic nitrogens is 2. The number of halogens is 1. The van der Waals surface area contributed by atoms with Crippen molar-refractivity contribution < 1.29 is 14.0 Å². The fourth-order valence-electron chi connectivity index (χ4n) is 3.67. The number of hydrogen-bond donors (Lipinski definition) is 1. The fourth-order valence-corrected chi connectivity index (χ4v) is 3.67. The van der Waals surface area contributed by atoms with Crippen molar-refractivity contribution in [2.24, 2.45) is 0 Å². The van der Waals surface area contributed by atoms with Crippen LogP contribution in [0.5, 0.6) is 0 Å². The number of fused-ring (bicyclic) bond motifs is 2. The predicted molar refractivity (Wildman–Crippen MR) is 89.4 cm³/mol. The van der Waals surface area contributed by atoms with Crippen LogP contribution in [0.15, 0.2) is 24.3 Å². The standard InChI is InChI=1S/C18H19FN4O2/c1-11-7-13-10-22(5-2-6-23(13)21-11)18(25)15-9-17(24)20-16-4-3-12(19)8-14(15)16/h3-4,7-8,15H,2,5-6,9-10H2,1H3,(H,20,24)/t15-/m1/s1. The molecule has 4 rings (SSSR count). The molecule has 2 amide bonds. The molecule has 2 aliphatic heterocycles. The molecule has 2 aliphatic rings. The van der Waals surface area contributed by atoms with Crippen LogP contribution in [0.3, 0.4) is 0 Å². The molecule has 0 aliphatic carbocycles. The van der Waals surface area contributed by atoms with Crippen LogP contribution >= 0.6 is 0 Å². The van der Waals surface area contributed by atoms with Crippen molar-refractivity contribution in [3.8, 4) is 0 Å². The first-order valence-electron chi connectivity index (χ1n) is 8.42. The van der Waals surface area contributed by atoms with Gasteiger partial charge < -0.3 is 10.2 Å². The van der Waals surface area contributed by atoms with Crippen molar-refractivity contribution in [3.05, 3.63) is 47.0 Å². The molecule has 6 nitrogen and oxygen atoms in total. The Bertz CT molecular complexity index is 861. The molecule has 0 spiro atoms. The summed E-state index contributed by atoms with van der Waals surface area (Å²) in [5.41, 5.74) is 2.99. The smallest absolute Gasteiger partial charge is 0.231 e. The lowest BCUT2D eigenvalue weighted by molar-refractivity contribution is -0.135. The van der Waals surface area contributed by atoms with Gasteiger partial charge in [-0.1, -0.05) is 0 Å². The van der Waals surface area contributed by atoms with E-state index in [1.54, 1.807) is 4.90 Å². The number of hydrogen-bond acceptors (Lipinski definition) is 3. The Labute approximate surface area is 144 Å². The van der Waals surface area contributed by atoms with Crippen LogP contribution in [0.4, 0.5) is 10.1 Å². The molecule has 7 heteroatoms. The summed E-state index contributed by atoms with van der Waals surface area (Å²) < 4.78 is 15.6. The van der Waals surface area contributed by atoms with Gasteiger partial charge in [0.1, 0.15) is 5.82 Å². The first-order chi connectivity index (χ1) is 12.0. The van der Waals surface area contributed by atoms with E-state index < -0.39 is 11.7 Å². The van der Waals surface area contributed by atoms with E-state index in [0.717, 1.165) is 24.4 Å². The molecule has 0 saturated heterocycles. The largest absolute Gasteiger partial charge is 0.336 e. The van der Waals surface area contributed by atoms with Crippen LogP contribution in [0.25, 0.3) is 0 Å². The third kappa shape index (κ3) is 2.90. The maximum absolute atomic E-state index is 13.7. The molecule has 1 aromatic heterocycles. The first-order valence-corrected chi connectivity index (χ1v) is 8.42. The number of aryl methyl sites for hydroxylation is 2. The molecule has 130 valence electrons. The van der Waals surface area contributed by atoms with Gasteiger partial charge in [0, 0.05) is 25.2 Å². The highest BCUT2D eigenvalue weighted by atomic mass is 19.1. The van der Waals surface area contributed by atoms with Crippen molar-refractivity contribution in [1.29, 1.82) is 0 Å². The van der Waals surface area contributed by atoms with Crippen LogP contribution in [0.2, 0.25) is 0 Å². The number of anilines is 1. The summed E-state index contributed by atoms with van der Waals surface area (Å²) in [6.45, 7) is 3.76.